The van der Waals surface area contributed by atoms with Crippen molar-refractivity contribution in [2.45, 2.75) is 30.4 Å². The molecule has 0 saturated heterocycles. The number of hydrogen-bond donors (Lipinski definition) is 0. The first-order valence-electron chi connectivity index (χ1n) is 8.90. The summed E-state index contributed by atoms with van der Waals surface area (Å²) in [4.78, 5) is 0. The Hall–Kier alpha value is -0.980. The summed E-state index contributed by atoms with van der Waals surface area (Å²) in [6.45, 7) is 7.13. The van der Waals surface area contributed by atoms with Crippen LogP contribution in [0.1, 0.15) is 43.4 Å². The van der Waals surface area contributed by atoms with Gasteiger partial charge in [0.2, 0.25) is 0 Å². The summed E-state index contributed by atoms with van der Waals surface area (Å²) in [6, 6.07) is 18.1. The van der Waals surface area contributed by atoms with Crippen molar-refractivity contribution >= 4 is 19.0 Å². The second-order valence-electron chi connectivity index (χ2n) is 8.84. The molecule has 0 spiro atoms. The van der Waals surface area contributed by atoms with Crippen molar-refractivity contribution in [3.63, 3.8) is 0 Å². The van der Waals surface area contributed by atoms with Crippen molar-refractivity contribution in [2.24, 2.45) is 0 Å². The molecule has 2 unspecified atom stereocenters. The van der Waals surface area contributed by atoms with E-state index in [-0.39, 0.29) is 0 Å². The van der Waals surface area contributed by atoms with Gasteiger partial charge in [0.15, 0.2) is 0 Å². The third kappa shape index (κ3) is 2.26. The van der Waals surface area contributed by atoms with Crippen molar-refractivity contribution in [3.05, 3.63) is 81.9 Å². The molecule has 0 radical (unpaired) electrons. The van der Waals surface area contributed by atoms with Gasteiger partial charge in [-0.3, -0.25) is 0 Å². The van der Waals surface area contributed by atoms with E-state index in [0.29, 0.717) is 7.25 Å². The van der Waals surface area contributed by atoms with Crippen molar-refractivity contribution < 1.29 is 17.4 Å². The summed E-state index contributed by atoms with van der Waals surface area (Å²) >= 11 is -3.15. The van der Waals surface area contributed by atoms with Crippen molar-refractivity contribution in [1.29, 1.82) is 0 Å². The molecule has 0 aromatic heterocycles. The predicted molar refractivity (Wildman–Crippen MR) is 106 cm³/mol. The van der Waals surface area contributed by atoms with Gasteiger partial charge in [0.25, 0.3) is 0 Å². The van der Waals surface area contributed by atoms with E-state index in [1.807, 2.05) is 0 Å². The number of hydrogen-bond acceptors (Lipinski definition) is 0. The van der Waals surface area contributed by atoms with E-state index >= 15 is 0 Å². The van der Waals surface area contributed by atoms with Gasteiger partial charge in [-0.2, -0.15) is 0 Å². The quantitative estimate of drug-likeness (QED) is 0.563. The van der Waals surface area contributed by atoms with E-state index in [4.69, 9.17) is 0 Å². The monoisotopic (exact) mass is 408 g/mol. The van der Waals surface area contributed by atoms with Gasteiger partial charge in [-0.1, -0.05) is 0 Å². The molecule has 2 aliphatic carbocycles. The Morgan fingerprint density at radius 1 is 0.708 bits per heavy atom. The number of allylic oxidation sites excluding steroid dienone is 2. The minimum atomic E-state index is -3.15. The maximum atomic E-state index is 2.69. The molecular weight excluding hydrogens is 384 g/mol. The van der Waals surface area contributed by atoms with Crippen LogP contribution in [0.2, 0.25) is 9.26 Å². The van der Waals surface area contributed by atoms with Crippen LogP contribution in [-0.4, -0.2) is 6.88 Å². The summed E-state index contributed by atoms with van der Waals surface area (Å²) in [6.07, 6.45) is 4.88. The molecule has 2 atom stereocenters. The van der Waals surface area contributed by atoms with Crippen LogP contribution in [0.15, 0.2) is 59.7 Å². The number of benzene rings is 2. The third-order valence-electron chi connectivity index (χ3n) is 6.19. The summed E-state index contributed by atoms with van der Waals surface area (Å²) in [5.74, 6) is 0. The van der Waals surface area contributed by atoms with Crippen LogP contribution in [0, 0.1) is 0 Å². The molecule has 0 nitrogen and oxygen atoms in total. The first-order valence-corrected chi connectivity index (χ1v) is 22.6. The van der Waals surface area contributed by atoms with Crippen molar-refractivity contribution in [2.75, 3.05) is 0 Å². The van der Waals surface area contributed by atoms with Crippen LogP contribution >= 0.6 is 0 Å². The SMILES string of the molecule is CC1=Cc2ccccc2[CH]1[Zr]([CH3])([CH3])(=[SiH2])[CH]1C(C)=Cc2ccccc21. The molecule has 0 heterocycles. The van der Waals surface area contributed by atoms with Crippen LogP contribution in [-0.2, 0) is 17.4 Å². The summed E-state index contributed by atoms with van der Waals surface area (Å²) in [5.41, 5.74) is 9.22. The molecule has 0 N–H and O–H groups in total. The molecule has 0 amide bonds. The van der Waals surface area contributed by atoms with Gasteiger partial charge in [0, 0.05) is 0 Å². The van der Waals surface area contributed by atoms with E-state index in [2.05, 4.69) is 90.7 Å². The van der Waals surface area contributed by atoms with Gasteiger partial charge >= 0.3 is 149 Å². The number of fused-ring (bicyclic) bond motifs is 2. The summed E-state index contributed by atoms with van der Waals surface area (Å²) < 4.78 is 6.68. The molecule has 2 aromatic carbocycles. The van der Waals surface area contributed by atoms with E-state index in [1.54, 1.807) is 22.3 Å². The Bertz CT molecular complexity index is 897. The Kier molecular flexibility index (Phi) is 3.61. The zero-order valence-electron chi connectivity index (χ0n) is 15.1. The third-order valence-corrected chi connectivity index (χ3v) is 24.1. The molecule has 24 heavy (non-hydrogen) atoms. The Balaban J connectivity index is 1.93. The topological polar surface area (TPSA) is 0 Å². The molecule has 0 saturated carbocycles. The fraction of sp³-hybridized carbons (Fsp3) is 0.273. The molecule has 2 heteroatoms. The van der Waals surface area contributed by atoms with Gasteiger partial charge in [0.1, 0.15) is 0 Å². The van der Waals surface area contributed by atoms with Crippen molar-refractivity contribution in [1.82, 2.24) is 0 Å². The molecule has 0 aliphatic heterocycles. The van der Waals surface area contributed by atoms with Crippen molar-refractivity contribution in [3.8, 4) is 0 Å². The van der Waals surface area contributed by atoms with Crippen LogP contribution in [0.5, 0.6) is 0 Å². The summed E-state index contributed by atoms with van der Waals surface area (Å²) in [5, 5.41) is 0. The molecule has 2 aromatic rings. The van der Waals surface area contributed by atoms with Crippen LogP contribution in [0.3, 0.4) is 0 Å². The van der Waals surface area contributed by atoms with Gasteiger partial charge in [-0.15, -0.1) is 0 Å². The Morgan fingerprint density at radius 2 is 1.08 bits per heavy atom. The molecule has 122 valence electrons. The van der Waals surface area contributed by atoms with Crippen LogP contribution in [0.4, 0.5) is 0 Å². The van der Waals surface area contributed by atoms with Gasteiger partial charge < -0.3 is 0 Å². The second kappa shape index (κ2) is 5.26. The van der Waals surface area contributed by atoms with Gasteiger partial charge in [0.05, 0.1) is 0 Å². The first-order chi connectivity index (χ1) is 11.3. The first kappa shape index (κ1) is 16.5. The fourth-order valence-corrected chi connectivity index (χ4v) is 26.9. The Morgan fingerprint density at radius 3 is 1.50 bits per heavy atom. The number of rotatable bonds is 2. The molecule has 0 bridgehead atoms. The van der Waals surface area contributed by atoms with Gasteiger partial charge in [-0.05, 0) is 0 Å². The average molecular weight is 410 g/mol. The standard InChI is InChI=1S/2C10H9.2CH3.H2Si.Zr/c2*1-8-6-9-4-2-3-5-10(9)7-8;;;;/h2*2-7H,1H3;2*1H3;1H2;. The molecule has 0 fully saturated rings. The zero-order valence-corrected chi connectivity index (χ0v) is 19.0. The molecule has 2 aliphatic rings. The second-order valence-corrected chi connectivity index (χ2v) is 39.3. The van der Waals surface area contributed by atoms with E-state index < -0.39 is 17.4 Å². The van der Waals surface area contributed by atoms with Crippen LogP contribution in [0.25, 0.3) is 12.2 Å². The average Bonchev–Trinajstić information content (AvgIpc) is 3.02. The minimum absolute atomic E-state index is 0.653. The van der Waals surface area contributed by atoms with E-state index in [0.717, 1.165) is 0 Å². The maximum absolute atomic E-state index is 3.15. The Labute approximate surface area is 148 Å². The molecular formula is C22H26SiZr. The molecule has 4 rings (SSSR count). The normalized spacial score (nSPS) is 22.7. The van der Waals surface area contributed by atoms with Crippen LogP contribution < -0.4 is 0 Å². The van der Waals surface area contributed by atoms with E-state index in [1.165, 1.54) is 11.1 Å². The fourth-order valence-electron chi connectivity index (χ4n) is 5.64. The van der Waals surface area contributed by atoms with E-state index in [9.17, 15) is 0 Å². The summed E-state index contributed by atoms with van der Waals surface area (Å²) in [7, 11) is 0. The van der Waals surface area contributed by atoms with Gasteiger partial charge in [-0.25, -0.2) is 0 Å². The zero-order chi connectivity index (χ0) is 17.1. The predicted octanol–water partition coefficient (Wildman–Crippen LogP) is 5.64.